The van der Waals surface area contributed by atoms with Crippen molar-refractivity contribution in [2.75, 3.05) is 19.8 Å². The normalized spacial score (nSPS) is 25.5. The Hall–Kier alpha value is -2.45. The Labute approximate surface area is 359 Å². The highest BCUT2D eigenvalue weighted by molar-refractivity contribution is 6.74. The van der Waals surface area contributed by atoms with Crippen molar-refractivity contribution < 1.29 is 37.4 Å². The van der Waals surface area contributed by atoms with E-state index in [1.54, 1.807) is 0 Å². The van der Waals surface area contributed by atoms with E-state index < -0.39 is 52.1 Å². The van der Waals surface area contributed by atoms with E-state index in [1.807, 2.05) is 69.3 Å². The van der Waals surface area contributed by atoms with Crippen molar-refractivity contribution in [1.82, 2.24) is 0 Å². The molecule has 0 aromatic heterocycles. The Kier molecular flexibility index (Phi) is 17.6. The molecule has 1 heterocycles. The number of rotatable bonds is 20. The predicted molar refractivity (Wildman–Crippen MR) is 243 cm³/mol. The van der Waals surface area contributed by atoms with Crippen LogP contribution in [-0.4, -0.2) is 67.0 Å². The van der Waals surface area contributed by atoms with Crippen molar-refractivity contribution in [1.29, 1.82) is 0 Å². The van der Waals surface area contributed by atoms with Gasteiger partial charge in [0.05, 0.1) is 18.1 Å². The van der Waals surface area contributed by atoms with Crippen LogP contribution >= 0.6 is 0 Å². The van der Waals surface area contributed by atoms with Gasteiger partial charge in [0.2, 0.25) is 0 Å². The lowest BCUT2D eigenvalue weighted by Crippen LogP contribution is -2.61. The molecular formula is C49H78O8Si2. The lowest BCUT2D eigenvalue weighted by molar-refractivity contribution is -0.306. The molecule has 1 fully saturated rings. The van der Waals surface area contributed by atoms with E-state index in [1.165, 1.54) is 0 Å². The van der Waals surface area contributed by atoms with Crippen LogP contribution in [0.25, 0.3) is 0 Å². The van der Waals surface area contributed by atoms with Gasteiger partial charge in [-0.25, -0.2) is 0 Å². The molecule has 2 aliphatic rings. The molecule has 8 atom stereocenters. The number of aldehydes is 1. The third-order valence-corrected chi connectivity index (χ3v) is 23.0. The third-order valence-electron chi connectivity index (χ3n) is 13.9. The second-order valence-electron chi connectivity index (χ2n) is 20.1. The van der Waals surface area contributed by atoms with E-state index in [4.69, 9.17) is 27.8 Å². The van der Waals surface area contributed by atoms with E-state index in [2.05, 4.69) is 86.7 Å². The molecule has 10 heteroatoms. The zero-order chi connectivity index (χ0) is 43.6. The molecule has 330 valence electrons. The number of benzene rings is 2. The number of ether oxygens (including phenoxy) is 4. The molecule has 1 aliphatic carbocycles. The molecule has 2 aromatic rings. The van der Waals surface area contributed by atoms with Gasteiger partial charge in [0.25, 0.3) is 0 Å². The first-order chi connectivity index (χ1) is 27.7. The molecule has 0 spiro atoms. The Morgan fingerprint density at radius 3 is 2.07 bits per heavy atom. The summed E-state index contributed by atoms with van der Waals surface area (Å²) in [6.07, 6.45) is 3.04. The molecular weight excluding hydrogens is 773 g/mol. The Bertz CT molecular complexity index is 1620. The summed E-state index contributed by atoms with van der Waals surface area (Å²) in [4.78, 5) is 26.2. The van der Waals surface area contributed by atoms with E-state index in [0.29, 0.717) is 26.2 Å². The van der Waals surface area contributed by atoms with Crippen molar-refractivity contribution in [3.63, 3.8) is 0 Å². The fourth-order valence-electron chi connectivity index (χ4n) is 8.24. The Morgan fingerprint density at radius 1 is 0.898 bits per heavy atom. The maximum atomic E-state index is 13.4. The molecule has 0 N–H and O–H groups in total. The van der Waals surface area contributed by atoms with Gasteiger partial charge < -0.3 is 27.8 Å². The van der Waals surface area contributed by atoms with Crippen molar-refractivity contribution >= 4 is 28.9 Å². The summed E-state index contributed by atoms with van der Waals surface area (Å²) in [5.41, 5.74) is 1.71. The van der Waals surface area contributed by atoms with Gasteiger partial charge in [0.1, 0.15) is 25.1 Å². The van der Waals surface area contributed by atoms with Crippen LogP contribution in [0, 0.1) is 28.6 Å². The highest BCUT2D eigenvalue weighted by Crippen LogP contribution is 2.53. The average molecular weight is 851 g/mol. The predicted octanol–water partition coefficient (Wildman–Crippen LogP) is 11.9. The van der Waals surface area contributed by atoms with E-state index in [0.717, 1.165) is 54.0 Å². The summed E-state index contributed by atoms with van der Waals surface area (Å²) < 4.78 is 41.5. The molecule has 2 aromatic carbocycles. The number of esters is 1. The van der Waals surface area contributed by atoms with Crippen LogP contribution in [-0.2, 0) is 44.0 Å². The first-order valence-electron chi connectivity index (χ1n) is 22.4. The topological polar surface area (TPSA) is 89.5 Å². The van der Waals surface area contributed by atoms with Crippen LogP contribution in [0.5, 0.6) is 0 Å². The molecule has 4 rings (SSSR count). The summed E-state index contributed by atoms with van der Waals surface area (Å²) in [6.45, 7) is 30.2. The monoisotopic (exact) mass is 851 g/mol. The standard InChI is InChI=1S/C49H78O8Si2/c1-14-59(15-2,16-3)57-44-42(34-53-46(51)47(6,7)8)55-45(40-25-21-18-22-26-40)56-43(44)41-29-39(31-50)27-28-49(41,35-54-58(12,13)48(9,10)11)30-36(4)37(5)32-52-33-38-23-19-17-20-24-38/h17-26,29,31,36-37,41-45H,14-16,27-28,30,32-35H2,1-13H3/t36-,37-,41+,42+,43-,44+,45+,49-/m0/s1. The van der Waals surface area contributed by atoms with Gasteiger partial charge in [-0.15, -0.1) is 0 Å². The largest absolute Gasteiger partial charge is 0.462 e. The van der Waals surface area contributed by atoms with Gasteiger partial charge in [-0.2, -0.15) is 0 Å². The highest BCUT2D eigenvalue weighted by Gasteiger charge is 2.55. The van der Waals surface area contributed by atoms with Gasteiger partial charge in [0.15, 0.2) is 22.9 Å². The van der Waals surface area contributed by atoms with Gasteiger partial charge in [-0.1, -0.05) is 122 Å². The smallest absolute Gasteiger partial charge is 0.311 e. The van der Waals surface area contributed by atoms with Crippen LogP contribution in [0.2, 0.25) is 36.3 Å². The molecule has 0 unspecified atom stereocenters. The van der Waals surface area contributed by atoms with Crippen LogP contribution in [0.1, 0.15) is 113 Å². The molecule has 0 saturated carbocycles. The van der Waals surface area contributed by atoms with Gasteiger partial charge in [-0.3, -0.25) is 9.59 Å². The summed E-state index contributed by atoms with van der Waals surface area (Å²) in [6, 6.07) is 23.1. The minimum absolute atomic E-state index is 0.00215. The van der Waals surface area contributed by atoms with Crippen molar-refractivity contribution in [2.45, 2.75) is 163 Å². The number of carbonyl (C=O) groups excluding carboxylic acids is 2. The second kappa shape index (κ2) is 21.1. The molecule has 1 saturated heterocycles. The quantitative estimate of drug-likeness (QED) is 0.0739. The van der Waals surface area contributed by atoms with Crippen LogP contribution < -0.4 is 0 Å². The first kappa shape index (κ1) is 49.2. The zero-order valence-electron chi connectivity index (χ0n) is 38.8. The van der Waals surface area contributed by atoms with Crippen LogP contribution in [0.4, 0.5) is 0 Å². The first-order valence-corrected chi connectivity index (χ1v) is 27.8. The summed E-state index contributed by atoms with van der Waals surface area (Å²) in [5.74, 6) is -0.0469. The van der Waals surface area contributed by atoms with Crippen molar-refractivity contribution in [2.24, 2.45) is 28.6 Å². The fourth-order valence-corrected chi connectivity index (χ4v) is 12.2. The SMILES string of the molecule is CC[Si](CC)(CC)O[C@H]1[C@H]([C@H]2C=C(C=O)CC[C@@]2(CO[Si](C)(C)C(C)(C)C)C[C@H](C)[C@@H](C)COCc2ccccc2)O[C@H](c2ccccc2)O[C@@H]1COC(=O)C(C)(C)C. The summed E-state index contributed by atoms with van der Waals surface area (Å²) in [5, 5.41) is 0.00215. The number of hydrogen-bond donors (Lipinski definition) is 0. The van der Waals surface area contributed by atoms with E-state index in [9.17, 15) is 9.59 Å². The fraction of sp³-hybridized carbons (Fsp3) is 0.673. The van der Waals surface area contributed by atoms with Gasteiger partial charge >= 0.3 is 5.97 Å². The third kappa shape index (κ3) is 12.8. The molecule has 1 aliphatic heterocycles. The van der Waals surface area contributed by atoms with Crippen molar-refractivity contribution in [3.05, 3.63) is 83.4 Å². The van der Waals surface area contributed by atoms with Crippen molar-refractivity contribution in [3.8, 4) is 0 Å². The minimum Gasteiger partial charge on any atom is -0.462 e. The van der Waals surface area contributed by atoms with Gasteiger partial charge in [0, 0.05) is 30.1 Å². The molecule has 8 nitrogen and oxygen atoms in total. The lowest BCUT2D eigenvalue weighted by Gasteiger charge is -2.54. The van der Waals surface area contributed by atoms with E-state index in [-0.39, 0.29) is 35.4 Å². The summed E-state index contributed by atoms with van der Waals surface area (Å²) in [7, 11) is -4.55. The number of carbonyl (C=O) groups is 2. The number of allylic oxidation sites excluding steroid dienone is 1. The number of hydrogen-bond acceptors (Lipinski definition) is 8. The maximum Gasteiger partial charge on any atom is 0.311 e. The maximum absolute atomic E-state index is 13.4. The minimum atomic E-state index is -2.32. The summed E-state index contributed by atoms with van der Waals surface area (Å²) >= 11 is 0. The zero-order valence-corrected chi connectivity index (χ0v) is 40.8. The highest BCUT2D eigenvalue weighted by atomic mass is 28.4. The molecule has 59 heavy (non-hydrogen) atoms. The second-order valence-corrected chi connectivity index (χ2v) is 29.7. The van der Waals surface area contributed by atoms with Gasteiger partial charge in [-0.05, 0) is 99.3 Å². The van der Waals surface area contributed by atoms with Crippen LogP contribution in [0.15, 0.2) is 72.3 Å². The average Bonchev–Trinajstić information content (AvgIpc) is 3.21. The molecule has 0 amide bonds. The molecule has 0 radical (unpaired) electrons. The van der Waals surface area contributed by atoms with E-state index >= 15 is 0 Å². The Morgan fingerprint density at radius 2 is 1.51 bits per heavy atom. The van der Waals surface area contributed by atoms with Crippen LogP contribution in [0.3, 0.4) is 0 Å². The molecule has 0 bridgehead atoms. The Balaban J connectivity index is 1.87. The lowest BCUT2D eigenvalue weighted by atomic mass is 9.60.